The molecular weight excluding hydrogens is 576 g/mol. The predicted octanol–water partition coefficient (Wildman–Crippen LogP) is 12.4. The van der Waals surface area contributed by atoms with Gasteiger partial charge in [0.15, 0.2) is 0 Å². The lowest BCUT2D eigenvalue weighted by Crippen LogP contribution is -2.12. The van der Waals surface area contributed by atoms with Crippen molar-refractivity contribution in [3.8, 4) is 0 Å². The van der Waals surface area contributed by atoms with Crippen LogP contribution in [0.3, 0.4) is 0 Å². The minimum atomic E-state index is 1.07. The van der Waals surface area contributed by atoms with E-state index in [9.17, 15) is 0 Å². The van der Waals surface area contributed by atoms with Crippen molar-refractivity contribution in [2.45, 2.75) is 59.3 Å². The Morgan fingerprint density at radius 3 is 1.05 bits per heavy atom. The van der Waals surface area contributed by atoms with Crippen molar-refractivity contribution in [3.63, 3.8) is 0 Å². The standard InChI is InChI=1S/C39H41BrN2/c1-4-6-8-31-12-20-35(21-13-31)42(36-22-14-32(15-23-36)9-7-5-2)39-28-26-38(27-29-39)41(34-18-10-30(3)11-19-34)37-24-16-33(40)17-25-37/h10-29H,4-9H2,1-3H3. The number of unbranched alkanes of at least 4 members (excludes halogenated alkanes) is 2. The highest BCUT2D eigenvalue weighted by atomic mass is 79.9. The Balaban J connectivity index is 1.52. The smallest absolute Gasteiger partial charge is 0.0463 e. The fourth-order valence-electron chi connectivity index (χ4n) is 5.31. The van der Waals surface area contributed by atoms with Crippen molar-refractivity contribution >= 4 is 50.1 Å². The number of benzene rings is 5. The van der Waals surface area contributed by atoms with Crippen molar-refractivity contribution in [2.75, 3.05) is 9.80 Å². The van der Waals surface area contributed by atoms with E-state index >= 15 is 0 Å². The fraction of sp³-hybridized carbons (Fsp3) is 0.231. The van der Waals surface area contributed by atoms with Gasteiger partial charge in [0, 0.05) is 38.6 Å². The first-order valence-electron chi connectivity index (χ1n) is 15.3. The quantitative estimate of drug-likeness (QED) is 0.137. The molecule has 0 atom stereocenters. The summed E-state index contributed by atoms with van der Waals surface area (Å²) >= 11 is 3.60. The van der Waals surface area contributed by atoms with Crippen LogP contribution in [0, 0.1) is 6.92 Å². The summed E-state index contributed by atoms with van der Waals surface area (Å²) in [6.45, 7) is 6.63. The van der Waals surface area contributed by atoms with Crippen LogP contribution in [0.15, 0.2) is 126 Å². The van der Waals surface area contributed by atoms with E-state index in [4.69, 9.17) is 0 Å². The second-order valence-electron chi connectivity index (χ2n) is 11.0. The molecule has 0 radical (unpaired) electrons. The Morgan fingerprint density at radius 1 is 0.429 bits per heavy atom. The van der Waals surface area contributed by atoms with Gasteiger partial charge < -0.3 is 9.80 Å². The highest BCUT2D eigenvalue weighted by Crippen LogP contribution is 2.39. The number of anilines is 6. The van der Waals surface area contributed by atoms with Gasteiger partial charge in [-0.25, -0.2) is 0 Å². The molecule has 2 nitrogen and oxygen atoms in total. The molecule has 0 amide bonds. The Morgan fingerprint density at radius 2 is 0.714 bits per heavy atom. The van der Waals surface area contributed by atoms with Crippen LogP contribution in [0.4, 0.5) is 34.1 Å². The highest BCUT2D eigenvalue weighted by Gasteiger charge is 2.16. The zero-order chi connectivity index (χ0) is 29.3. The molecule has 0 aliphatic heterocycles. The first-order valence-corrected chi connectivity index (χ1v) is 16.1. The molecule has 0 N–H and O–H groups in total. The summed E-state index contributed by atoms with van der Waals surface area (Å²) in [5, 5.41) is 0. The van der Waals surface area contributed by atoms with Gasteiger partial charge in [-0.15, -0.1) is 0 Å². The lowest BCUT2D eigenvalue weighted by molar-refractivity contribution is 0.795. The first kappa shape index (κ1) is 29.7. The summed E-state index contributed by atoms with van der Waals surface area (Å²) in [6.07, 6.45) is 7.12. The summed E-state index contributed by atoms with van der Waals surface area (Å²) in [5.74, 6) is 0. The van der Waals surface area contributed by atoms with Crippen LogP contribution in [0.5, 0.6) is 0 Å². The molecule has 0 saturated carbocycles. The van der Waals surface area contributed by atoms with Gasteiger partial charge >= 0.3 is 0 Å². The summed E-state index contributed by atoms with van der Waals surface area (Å²) in [6, 6.07) is 44.4. The van der Waals surface area contributed by atoms with Crippen molar-refractivity contribution in [1.29, 1.82) is 0 Å². The molecule has 0 heterocycles. The molecule has 0 aromatic heterocycles. The van der Waals surface area contributed by atoms with Gasteiger partial charge in [-0.2, -0.15) is 0 Å². The van der Waals surface area contributed by atoms with Crippen LogP contribution in [0.2, 0.25) is 0 Å². The van der Waals surface area contributed by atoms with Crippen LogP contribution < -0.4 is 9.80 Å². The van der Waals surface area contributed by atoms with E-state index in [0.29, 0.717) is 0 Å². The van der Waals surface area contributed by atoms with Gasteiger partial charge in [-0.3, -0.25) is 0 Å². The van der Waals surface area contributed by atoms with E-state index in [1.54, 1.807) is 0 Å². The zero-order valence-corrected chi connectivity index (χ0v) is 26.6. The molecule has 5 aromatic carbocycles. The SMILES string of the molecule is CCCCc1ccc(N(c2ccc(CCCC)cc2)c2ccc(N(c3ccc(C)cc3)c3ccc(Br)cc3)cc2)cc1. The maximum absolute atomic E-state index is 3.60. The van der Waals surface area contributed by atoms with Gasteiger partial charge in [-0.1, -0.05) is 84.6 Å². The molecule has 0 fully saturated rings. The number of nitrogens with zero attached hydrogens (tertiary/aromatic N) is 2. The molecular formula is C39H41BrN2. The van der Waals surface area contributed by atoms with Crippen molar-refractivity contribution < 1.29 is 0 Å². The Hall–Kier alpha value is -3.82. The number of aryl methyl sites for hydroxylation is 3. The van der Waals surface area contributed by atoms with E-state index in [1.807, 2.05) is 0 Å². The van der Waals surface area contributed by atoms with E-state index in [2.05, 4.69) is 168 Å². The highest BCUT2D eigenvalue weighted by molar-refractivity contribution is 9.10. The van der Waals surface area contributed by atoms with Gasteiger partial charge in [0.05, 0.1) is 0 Å². The molecule has 3 heteroatoms. The van der Waals surface area contributed by atoms with Crippen LogP contribution in [-0.2, 0) is 12.8 Å². The van der Waals surface area contributed by atoms with Crippen LogP contribution in [0.25, 0.3) is 0 Å². The number of hydrogen-bond acceptors (Lipinski definition) is 2. The average Bonchev–Trinajstić information content (AvgIpc) is 3.03. The van der Waals surface area contributed by atoms with E-state index < -0.39 is 0 Å². The van der Waals surface area contributed by atoms with Crippen LogP contribution in [-0.4, -0.2) is 0 Å². The van der Waals surface area contributed by atoms with Crippen LogP contribution >= 0.6 is 15.9 Å². The molecule has 0 saturated heterocycles. The second kappa shape index (κ2) is 14.4. The lowest BCUT2D eigenvalue weighted by atomic mass is 10.1. The molecule has 0 aliphatic rings. The molecule has 0 bridgehead atoms. The van der Waals surface area contributed by atoms with E-state index in [1.165, 1.54) is 53.7 Å². The third-order valence-electron chi connectivity index (χ3n) is 7.77. The molecule has 5 aromatic rings. The Bertz CT molecular complexity index is 1420. The monoisotopic (exact) mass is 616 g/mol. The molecule has 0 spiro atoms. The topological polar surface area (TPSA) is 6.48 Å². The fourth-order valence-corrected chi connectivity index (χ4v) is 5.58. The van der Waals surface area contributed by atoms with Gasteiger partial charge in [0.25, 0.3) is 0 Å². The number of halogens is 1. The molecule has 5 rings (SSSR count). The van der Waals surface area contributed by atoms with Crippen molar-refractivity contribution in [2.24, 2.45) is 0 Å². The number of rotatable bonds is 12. The number of hydrogen-bond donors (Lipinski definition) is 0. The van der Waals surface area contributed by atoms with E-state index in [-0.39, 0.29) is 0 Å². The van der Waals surface area contributed by atoms with Gasteiger partial charge in [0.2, 0.25) is 0 Å². The molecule has 214 valence electrons. The van der Waals surface area contributed by atoms with Gasteiger partial charge in [-0.05, 0) is 129 Å². The molecule has 0 unspecified atom stereocenters. The lowest BCUT2D eigenvalue weighted by Gasteiger charge is -2.28. The third-order valence-corrected chi connectivity index (χ3v) is 8.30. The maximum Gasteiger partial charge on any atom is 0.0463 e. The normalized spacial score (nSPS) is 11.0. The van der Waals surface area contributed by atoms with Crippen molar-refractivity contribution in [3.05, 3.63) is 142 Å². The summed E-state index contributed by atoms with van der Waals surface area (Å²) in [4.78, 5) is 4.68. The maximum atomic E-state index is 3.60. The van der Waals surface area contributed by atoms with Crippen LogP contribution in [0.1, 0.15) is 56.2 Å². The average molecular weight is 618 g/mol. The summed E-state index contributed by atoms with van der Waals surface area (Å²) < 4.78 is 1.07. The largest absolute Gasteiger partial charge is 0.311 e. The minimum Gasteiger partial charge on any atom is -0.311 e. The summed E-state index contributed by atoms with van der Waals surface area (Å²) in [5.41, 5.74) is 10.9. The third kappa shape index (κ3) is 7.33. The first-order chi connectivity index (χ1) is 20.6. The Labute approximate surface area is 260 Å². The zero-order valence-electron chi connectivity index (χ0n) is 25.1. The molecule has 0 aliphatic carbocycles. The summed E-state index contributed by atoms with van der Waals surface area (Å²) in [7, 11) is 0. The van der Waals surface area contributed by atoms with E-state index in [0.717, 1.165) is 40.1 Å². The second-order valence-corrected chi connectivity index (χ2v) is 12.0. The minimum absolute atomic E-state index is 1.07. The Kier molecular flexibility index (Phi) is 10.2. The van der Waals surface area contributed by atoms with Crippen molar-refractivity contribution in [1.82, 2.24) is 0 Å². The van der Waals surface area contributed by atoms with Gasteiger partial charge in [0.1, 0.15) is 0 Å². The predicted molar refractivity (Wildman–Crippen MR) is 185 cm³/mol. The molecule has 42 heavy (non-hydrogen) atoms.